The Labute approximate surface area is 132 Å². The zero-order chi connectivity index (χ0) is 15.7. The van der Waals surface area contributed by atoms with Gasteiger partial charge in [-0.1, -0.05) is 63.6 Å². The number of hydrogen-bond acceptors (Lipinski definition) is 1. The van der Waals surface area contributed by atoms with Crippen molar-refractivity contribution in [1.29, 1.82) is 0 Å². The monoisotopic (exact) mass is 289 g/mol. The van der Waals surface area contributed by atoms with Crippen molar-refractivity contribution in [2.24, 2.45) is 0 Å². The Morgan fingerprint density at radius 1 is 0.857 bits per heavy atom. The second-order valence-electron chi connectivity index (χ2n) is 6.52. The lowest BCUT2D eigenvalue weighted by molar-refractivity contribution is 0.465. The van der Waals surface area contributed by atoms with Crippen LogP contribution in [-0.2, 0) is 0 Å². The van der Waals surface area contributed by atoms with E-state index < -0.39 is 0 Å². The predicted molar refractivity (Wildman–Crippen MR) is 95.1 cm³/mol. The SMILES string of the molecule is CCCCCCCC(NCCC)c1c(C)cc(C)cc1C. The van der Waals surface area contributed by atoms with Gasteiger partial charge < -0.3 is 5.32 Å². The highest BCUT2D eigenvalue weighted by Gasteiger charge is 2.15. The van der Waals surface area contributed by atoms with Gasteiger partial charge in [-0.2, -0.15) is 0 Å². The number of unbranched alkanes of at least 4 members (excludes halogenated alkanes) is 4. The lowest BCUT2D eigenvalue weighted by Crippen LogP contribution is -2.24. The van der Waals surface area contributed by atoms with Crippen LogP contribution >= 0.6 is 0 Å². The van der Waals surface area contributed by atoms with Crippen molar-refractivity contribution in [3.63, 3.8) is 0 Å². The van der Waals surface area contributed by atoms with Crippen molar-refractivity contribution in [2.45, 2.75) is 85.6 Å². The molecule has 1 nitrogen and oxygen atoms in total. The summed E-state index contributed by atoms with van der Waals surface area (Å²) in [5.41, 5.74) is 5.83. The van der Waals surface area contributed by atoms with E-state index in [2.05, 4.69) is 52.1 Å². The van der Waals surface area contributed by atoms with Gasteiger partial charge in [-0.15, -0.1) is 0 Å². The highest BCUT2D eigenvalue weighted by Crippen LogP contribution is 2.27. The van der Waals surface area contributed by atoms with Gasteiger partial charge in [0.15, 0.2) is 0 Å². The van der Waals surface area contributed by atoms with Gasteiger partial charge in [-0.25, -0.2) is 0 Å². The van der Waals surface area contributed by atoms with E-state index in [-0.39, 0.29) is 0 Å². The summed E-state index contributed by atoms with van der Waals surface area (Å²) in [6.07, 6.45) is 9.30. The molecule has 0 saturated carbocycles. The van der Waals surface area contributed by atoms with E-state index in [1.807, 2.05) is 0 Å². The van der Waals surface area contributed by atoms with Gasteiger partial charge in [-0.3, -0.25) is 0 Å². The summed E-state index contributed by atoms with van der Waals surface area (Å²) in [7, 11) is 0. The molecule has 0 spiro atoms. The van der Waals surface area contributed by atoms with Crippen molar-refractivity contribution in [1.82, 2.24) is 5.32 Å². The fraction of sp³-hybridized carbons (Fsp3) is 0.700. The standard InChI is InChI=1S/C20H35N/c1-6-8-9-10-11-12-19(21-13-7-2)20-17(4)14-16(3)15-18(20)5/h14-15,19,21H,6-13H2,1-5H3. The average molecular weight is 290 g/mol. The first-order chi connectivity index (χ1) is 10.1. The second-order valence-corrected chi connectivity index (χ2v) is 6.52. The van der Waals surface area contributed by atoms with Crippen LogP contribution < -0.4 is 5.32 Å². The third-order valence-electron chi connectivity index (χ3n) is 4.32. The Bertz CT molecular complexity index is 385. The highest BCUT2D eigenvalue weighted by molar-refractivity contribution is 5.39. The molecule has 1 atom stereocenters. The van der Waals surface area contributed by atoms with Crippen LogP contribution in [0.15, 0.2) is 12.1 Å². The molecule has 1 aromatic rings. The molecule has 1 unspecified atom stereocenters. The molecule has 0 heterocycles. The Morgan fingerprint density at radius 3 is 2.05 bits per heavy atom. The lowest BCUT2D eigenvalue weighted by atomic mass is 9.91. The average Bonchev–Trinajstić information content (AvgIpc) is 2.42. The maximum Gasteiger partial charge on any atom is 0.0325 e. The zero-order valence-electron chi connectivity index (χ0n) is 14.9. The molecule has 1 aromatic carbocycles. The fourth-order valence-corrected chi connectivity index (χ4v) is 3.36. The summed E-state index contributed by atoms with van der Waals surface area (Å²) in [6.45, 7) is 12.4. The van der Waals surface area contributed by atoms with Crippen molar-refractivity contribution in [2.75, 3.05) is 6.54 Å². The quantitative estimate of drug-likeness (QED) is 0.520. The molecule has 0 radical (unpaired) electrons. The van der Waals surface area contributed by atoms with Gasteiger partial charge in [0, 0.05) is 6.04 Å². The second kappa shape index (κ2) is 10.00. The smallest absolute Gasteiger partial charge is 0.0325 e. The maximum absolute atomic E-state index is 3.78. The zero-order valence-corrected chi connectivity index (χ0v) is 14.9. The van der Waals surface area contributed by atoms with Crippen molar-refractivity contribution in [3.05, 3.63) is 34.4 Å². The molecule has 0 saturated heterocycles. The van der Waals surface area contributed by atoms with Crippen LogP contribution in [0.25, 0.3) is 0 Å². The summed E-state index contributed by atoms with van der Waals surface area (Å²) in [5.74, 6) is 0. The molecule has 0 aliphatic carbocycles. The lowest BCUT2D eigenvalue weighted by Gasteiger charge is -2.23. The first kappa shape index (κ1) is 18.2. The summed E-state index contributed by atoms with van der Waals surface area (Å²) in [6, 6.07) is 5.20. The summed E-state index contributed by atoms with van der Waals surface area (Å²) < 4.78 is 0. The van der Waals surface area contributed by atoms with Crippen LogP contribution in [0.5, 0.6) is 0 Å². The summed E-state index contributed by atoms with van der Waals surface area (Å²) >= 11 is 0. The molecule has 0 bridgehead atoms. The van der Waals surface area contributed by atoms with E-state index in [1.165, 1.54) is 61.6 Å². The number of aryl methyl sites for hydroxylation is 3. The molecule has 0 aliphatic heterocycles. The largest absolute Gasteiger partial charge is 0.310 e. The minimum absolute atomic E-state index is 0.534. The number of nitrogens with one attached hydrogen (secondary N) is 1. The van der Waals surface area contributed by atoms with E-state index in [0.29, 0.717) is 6.04 Å². The van der Waals surface area contributed by atoms with Gasteiger partial charge in [0.05, 0.1) is 0 Å². The normalized spacial score (nSPS) is 12.6. The molecule has 0 fully saturated rings. The molecule has 1 heteroatoms. The van der Waals surface area contributed by atoms with Crippen LogP contribution in [0, 0.1) is 20.8 Å². The summed E-state index contributed by atoms with van der Waals surface area (Å²) in [5, 5.41) is 3.78. The number of rotatable bonds is 10. The van der Waals surface area contributed by atoms with Crippen molar-refractivity contribution >= 4 is 0 Å². The van der Waals surface area contributed by atoms with Gasteiger partial charge in [0.1, 0.15) is 0 Å². The third kappa shape index (κ3) is 6.22. The number of hydrogen-bond donors (Lipinski definition) is 1. The van der Waals surface area contributed by atoms with Crippen LogP contribution in [0.2, 0.25) is 0 Å². The highest BCUT2D eigenvalue weighted by atomic mass is 14.9. The van der Waals surface area contributed by atoms with Gasteiger partial charge in [-0.05, 0) is 56.8 Å². The Kier molecular flexibility index (Phi) is 8.68. The molecular weight excluding hydrogens is 254 g/mol. The Balaban J connectivity index is 2.72. The van der Waals surface area contributed by atoms with E-state index in [4.69, 9.17) is 0 Å². The van der Waals surface area contributed by atoms with E-state index >= 15 is 0 Å². The molecule has 1 N–H and O–H groups in total. The van der Waals surface area contributed by atoms with Crippen LogP contribution in [0.4, 0.5) is 0 Å². The fourth-order valence-electron chi connectivity index (χ4n) is 3.36. The summed E-state index contributed by atoms with van der Waals surface area (Å²) in [4.78, 5) is 0. The number of benzene rings is 1. The van der Waals surface area contributed by atoms with E-state index in [9.17, 15) is 0 Å². The first-order valence-corrected chi connectivity index (χ1v) is 8.91. The molecule has 1 rings (SSSR count). The topological polar surface area (TPSA) is 12.0 Å². The molecule has 0 aromatic heterocycles. The first-order valence-electron chi connectivity index (χ1n) is 8.91. The Morgan fingerprint density at radius 2 is 1.48 bits per heavy atom. The molecule has 21 heavy (non-hydrogen) atoms. The van der Waals surface area contributed by atoms with Crippen molar-refractivity contribution in [3.8, 4) is 0 Å². The van der Waals surface area contributed by atoms with Gasteiger partial charge >= 0.3 is 0 Å². The van der Waals surface area contributed by atoms with Crippen LogP contribution in [0.1, 0.15) is 87.1 Å². The molecule has 0 amide bonds. The predicted octanol–water partition coefficient (Wildman–Crippen LogP) is 6.01. The molecule has 0 aliphatic rings. The van der Waals surface area contributed by atoms with Crippen LogP contribution in [0.3, 0.4) is 0 Å². The van der Waals surface area contributed by atoms with Crippen LogP contribution in [-0.4, -0.2) is 6.54 Å². The minimum atomic E-state index is 0.534. The minimum Gasteiger partial charge on any atom is -0.310 e. The molecular formula is C20H35N. The van der Waals surface area contributed by atoms with Gasteiger partial charge in [0.2, 0.25) is 0 Å². The van der Waals surface area contributed by atoms with E-state index in [1.54, 1.807) is 5.56 Å². The van der Waals surface area contributed by atoms with Gasteiger partial charge in [0.25, 0.3) is 0 Å². The van der Waals surface area contributed by atoms with Crippen molar-refractivity contribution < 1.29 is 0 Å². The maximum atomic E-state index is 3.78. The molecule has 120 valence electrons. The Hall–Kier alpha value is -0.820. The van der Waals surface area contributed by atoms with E-state index in [0.717, 1.165) is 6.54 Å². The third-order valence-corrected chi connectivity index (χ3v) is 4.32.